The van der Waals surface area contributed by atoms with Crippen LogP contribution in [0.4, 0.5) is 0 Å². The number of hydrogen-bond donors (Lipinski definition) is 2. The molecule has 2 N–H and O–H groups in total. The molecule has 114 valence electrons. The zero-order valence-corrected chi connectivity index (χ0v) is 13.6. The Kier molecular flexibility index (Phi) is 5.47. The van der Waals surface area contributed by atoms with E-state index in [0.717, 1.165) is 25.1 Å². The van der Waals surface area contributed by atoms with Crippen LogP contribution in [0.15, 0.2) is 24.3 Å². The minimum absolute atomic E-state index is 0. The molecule has 1 heterocycles. The Labute approximate surface area is 128 Å². The zero-order valence-electron chi connectivity index (χ0n) is 12.8. The van der Waals surface area contributed by atoms with E-state index in [1.807, 2.05) is 19.1 Å². The first-order valence-corrected chi connectivity index (χ1v) is 6.95. The number of nitrogens with one attached hydrogen (secondary N) is 1. The molecule has 1 aliphatic heterocycles. The van der Waals surface area contributed by atoms with Crippen molar-refractivity contribution in [2.75, 3.05) is 13.7 Å². The number of piperidine rings is 1. The van der Waals surface area contributed by atoms with Crippen molar-refractivity contribution < 1.29 is 9.84 Å². The first-order valence-electron chi connectivity index (χ1n) is 6.95. The van der Waals surface area contributed by atoms with E-state index < -0.39 is 5.60 Å². The predicted octanol–water partition coefficient (Wildman–Crippen LogP) is 2.80. The molecule has 0 radical (unpaired) electrons. The van der Waals surface area contributed by atoms with Gasteiger partial charge in [0.25, 0.3) is 0 Å². The number of aliphatic hydroxyl groups is 1. The fraction of sp³-hybridized carbons (Fsp3) is 0.625. The summed E-state index contributed by atoms with van der Waals surface area (Å²) in [6.07, 6.45) is 1.73. The molecule has 1 fully saturated rings. The highest BCUT2D eigenvalue weighted by atomic mass is 35.5. The Bertz CT molecular complexity index is 429. The first kappa shape index (κ1) is 17.3. The van der Waals surface area contributed by atoms with Crippen LogP contribution in [0.5, 0.6) is 5.75 Å². The van der Waals surface area contributed by atoms with E-state index >= 15 is 0 Å². The van der Waals surface area contributed by atoms with Crippen molar-refractivity contribution in [3.8, 4) is 5.75 Å². The second-order valence-corrected chi connectivity index (χ2v) is 6.30. The van der Waals surface area contributed by atoms with Gasteiger partial charge in [0.2, 0.25) is 0 Å². The Balaban J connectivity index is 0.00000200. The van der Waals surface area contributed by atoms with Gasteiger partial charge in [0.1, 0.15) is 5.75 Å². The van der Waals surface area contributed by atoms with E-state index in [1.54, 1.807) is 7.11 Å². The Morgan fingerprint density at radius 1 is 1.25 bits per heavy atom. The second-order valence-electron chi connectivity index (χ2n) is 6.30. The fourth-order valence-electron chi connectivity index (χ4n) is 2.77. The molecule has 4 heteroatoms. The van der Waals surface area contributed by atoms with Gasteiger partial charge in [-0.1, -0.05) is 26.0 Å². The lowest BCUT2D eigenvalue weighted by Gasteiger charge is -2.50. The second kappa shape index (κ2) is 6.33. The van der Waals surface area contributed by atoms with Gasteiger partial charge < -0.3 is 15.2 Å². The molecule has 1 aromatic carbocycles. The number of halogens is 1. The summed E-state index contributed by atoms with van der Waals surface area (Å²) in [4.78, 5) is 0. The highest BCUT2D eigenvalue weighted by molar-refractivity contribution is 5.85. The molecular formula is C16H26ClNO2. The van der Waals surface area contributed by atoms with Crippen molar-refractivity contribution in [3.63, 3.8) is 0 Å². The van der Waals surface area contributed by atoms with Gasteiger partial charge in [0, 0.05) is 11.5 Å². The molecule has 0 bridgehead atoms. The van der Waals surface area contributed by atoms with Crippen LogP contribution in [0.1, 0.15) is 32.8 Å². The lowest BCUT2D eigenvalue weighted by Crippen LogP contribution is -2.61. The maximum Gasteiger partial charge on any atom is 0.118 e. The highest BCUT2D eigenvalue weighted by Gasteiger charge is 2.47. The van der Waals surface area contributed by atoms with Gasteiger partial charge in [-0.2, -0.15) is 0 Å². The summed E-state index contributed by atoms with van der Waals surface area (Å²) < 4.78 is 5.18. The van der Waals surface area contributed by atoms with E-state index in [0.29, 0.717) is 0 Å². The Morgan fingerprint density at radius 2 is 1.85 bits per heavy atom. The number of benzene rings is 1. The monoisotopic (exact) mass is 299 g/mol. The molecule has 2 unspecified atom stereocenters. The fourth-order valence-corrected chi connectivity index (χ4v) is 2.77. The third-order valence-electron chi connectivity index (χ3n) is 4.86. The average Bonchev–Trinajstić information content (AvgIpc) is 2.36. The standard InChI is InChI=1S/C16H25NO2.ClH/c1-15(2)14(17-10-9-16(15,3)18)11-12-5-7-13(19-4)8-6-12;/h5-8,14,17-18H,9-11H2,1-4H3;1H. The summed E-state index contributed by atoms with van der Waals surface area (Å²) >= 11 is 0. The van der Waals surface area contributed by atoms with Gasteiger partial charge >= 0.3 is 0 Å². The lowest BCUT2D eigenvalue weighted by atomic mass is 9.65. The van der Waals surface area contributed by atoms with Crippen molar-refractivity contribution in [1.82, 2.24) is 5.32 Å². The van der Waals surface area contributed by atoms with Crippen molar-refractivity contribution in [2.45, 2.75) is 45.3 Å². The van der Waals surface area contributed by atoms with Gasteiger partial charge in [0.05, 0.1) is 12.7 Å². The van der Waals surface area contributed by atoms with E-state index in [4.69, 9.17) is 4.74 Å². The van der Waals surface area contributed by atoms with Crippen LogP contribution in [0.3, 0.4) is 0 Å². The molecule has 2 rings (SSSR count). The van der Waals surface area contributed by atoms with Gasteiger partial charge in [-0.15, -0.1) is 12.4 Å². The first-order chi connectivity index (χ1) is 8.87. The molecule has 0 aliphatic carbocycles. The van der Waals surface area contributed by atoms with E-state index in [9.17, 15) is 5.11 Å². The number of methoxy groups -OCH3 is 1. The van der Waals surface area contributed by atoms with Gasteiger partial charge in [-0.05, 0) is 44.0 Å². The van der Waals surface area contributed by atoms with Gasteiger partial charge in [-0.25, -0.2) is 0 Å². The number of hydrogen-bond acceptors (Lipinski definition) is 3. The van der Waals surface area contributed by atoms with E-state index in [1.165, 1.54) is 5.56 Å². The molecule has 1 aromatic rings. The Morgan fingerprint density at radius 3 is 2.40 bits per heavy atom. The molecule has 20 heavy (non-hydrogen) atoms. The summed E-state index contributed by atoms with van der Waals surface area (Å²) in [5, 5.41) is 14.1. The molecule has 0 amide bonds. The molecule has 3 nitrogen and oxygen atoms in total. The van der Waals surface area contributed by atoms with Crippen LogP contribution >= 0.6 is 12.4 Å². The normalized spacial score (nSPS) is 28.6. The van der Waals surface area contributed by atoms with Crippen molar-refractivity contribution in [1.29, 1.82) is 0 Å². The summed E-state index contributed by atoms with van der Waals surface area (Å²) in [6, 6.07) is 8.46. The topological polar surface area (TPSA) is 41.5 Å². The third kappa shape index (κ3) is 3.27. The van der Waals surface area contributed by atoms with Crippen molar-refractivity contribution >= 4 is 12.4 Å². The molecule has 1 saturated heterocycles. The molecular weight excluding hydrogens is 274 g/mol. The quantitative estimate of drug-likeness (QED) is 0.902. The average molecular weight is 300 g/mol. The maximum absolute atomic E-state index is 10.6. The summed E-state index contributed by atoms with van der Waals surface area (Å²) in [5.74, 6) is 0.881. The SMILES string of the molecule is COc1ccc(CC2NCCC(C)(O)C2(C)C)cc1.Cl. The summed E-state index contributed by atoms with van der Waals surface area (Å²) in [5.41, 5.74) is 0.504. The van der Waals surface area contributed by atoms with Crippen molar-refractivity contribution in [3.05, 3.63) is 29.8 Å². The third-order valence-corrected chi connectivity index (χ3v) is 4.86. The number of ether oxygens (including phenoxy) is 1. The van der Waals surface area contributed by atoms with E-state index in [-0.39, 0.29) is 23.9 Å². The van der Waals surface area contributed by atoms with Gasteiger partial charge in [-0.3, -0.25) is 0 Å². The smallest absolute Gasteiger partial charge is 0.118 e. The van der Waals surface area contributed by atoms with Gasteiger partial charge in [0.15, 0.2) is 0 Å². The van der Waals surface area contributed by atoms with Crippen LogP contribution in [-0.4, -0.2) is 30.4 Å². The van der Waals surface area contributed by atoms with E-state index in [2.05, 4.69) is 31.3 Å². The minimum atomic E-state index is -0.616. The maximum atomic E-state index is 10.6. The predicted molar refractivity (Wildman–Crippen MR) is 84.8 cm³/mol. The molecule has 0 aromatic heterocycles. The summed E-state index contributed by atoms with van der Waals surface area (Å²) in [7, 11) is 1.68. The molecule has 2 atom stereocenters. The van der Waals surface area contributed by atoms with Crippen LogP contribution in [-0.2, 0) is 6.42 Å². The van der Waals surface area contributed by atoms with Crippen molar-refractivity contribution in [2.24, 2.45) is 5.41 Å². The lowest BCUT2D eigenvalue weighted by molar-refractivity contribution is -0.0954. The molecule has 0 spiro atoms. The Hall–Kier alpha value is -0.770. The largest absolute Gasteiger partial charge is 0.497 e. The minimum Gasteiger partial charge on any atom is -0.497 e. The highest BCUT2D eigenvalue weighted by Crippen LogP contribution is 2.40. The van der Waals surface area contributed by atoms with Crippen LogP contribution in [0.2, 0.25) is 0 Å². The zero-order chi connectivity index (χ0) is 14.1. The molecule has 1 aliphatic rings. The van der Waals surface area contributed by atoms with Crippen LogP contribution < -0.4 is 10.1 Å². The summed E-state index contributed by atoms with van der Waals surface area (Å²) in [6.45, 7) is 7.12. The van der Waals surface area contributed by atoms with Crippen LogP contribution in [0.25, 0.3) is 0 Å². The van der Waals surface area contributed by atoms with Crippen LogP contribution in [0, 0.1) is 5.41 Å². The molecule has 0 saturated carbocycles. The number of rotatable bonds is 3.